The molecule has 14 heteroatoms. The smallest absolute Gasteiger partial charge is 0.441 e. The van der Waals surface area contributed by atoms with E-state index in [0.717, 1.165) is 6.92 Å². The average Bonchev–Trinajstić information content (AvgIpc) is 2.83. The van der Waals surface area contributed by atoms with Gasteiger partial charge in [-0.2, -0.15) is 26.3 Å². The lowest BCUT2D eigenvalue weighted by molar-refractivity contribution is -0.267. The van der Waals surface area contributed by atoms with Crippen LogP contribution in [0.3, 0.4) is 0 Å². The van der Waals surface area contributed by atoms with E-state index in [-0.39, 0.29) is 11.1 Å². The average molecular weight is 550 g/mol. The Labute approximate surface area is 212 Å². The normalized spacial score (nSPS) is 15.0. The standard InChI is InChI=1S/C24H24F6N2O6/c1-4-37-19(34)21(36,23(25,26)27)16-11-12-17(14(3)13-16)31-22(24(28,29)30,20(35)38-5-2)32-18(33)15-9-7-6-8-10-15/h6-13,31,36H,4-5H2,1-3H3,(H,32,33). The molecule has 0 aliphatic heterocycles. The van der Waals surface area contributed by atoms with Gasteiger partial charge in [0.1, 0.15) is 0 Å². The van der Waals surface area contributed by atoms with Crippen molar-refractivity contribution in [2.45, 2.75) is 44.4 Å². The Morgan fingerprint density at radius 1 is 0.842 bits per heavy atom. The van der Waals surface area contributed by atoms with E-state index in [1.54, 1.807) is 5.32 Å². The number of halogens is 6. The summed E-state index contributed by atoms with van der Waals surface area (Å²) < 4.78 is 93.3. The highest BCUT2D eigenvalue weighted by atomic mass is 19.4. The highest BCUT2D eigenvalue weighted by Gasteiger charge is 2.64. The Kier molecular flexibility index (Phi) is 9.04. The molecule has 0 spiro atoms. The van der Waals surface area contributed by atoms with Crippen molar-refractivity contribution in [2.24, 2.45) is 0 Å². The monoisotopic (exact) mass is 550 g/mol. The van der Waals surface area contributed by atoms with E-state index in [1.165, 1.54) is 44.2 Å². The molecule has 2 rings (SSSR count). The second-order valence-electron chi connectivity index (χ2n) is 7.87. The second-order valence-corrected chi connectivity index (χ2v) is 7.87. The van der Waals surface area contributed by atoms with E-state index in [0.29, 0.717) is 18.2 Å². The lowest BCUT2D eigenvalue weighted by Crippen LogP contribution is -2.69. The number of anilines is 1. The van der Waals surface area contributed by atoms with Gasteiger partial charge in [0.2, 0.25) is 0 Å². The van der Waals surface area contributed by atoms with Crippen LogP contribution in [0.15, 0.2) is 48.5 Å². The number of rotatable bonds is 9. The molecule has 8 nitrogen and oxygen atoms in total. The van der Waals surface area contributed by atoms with E-state index in [4.69, 9.17) is 0 Å². The molecule has 2 atom stereocenters. The first kappa shape index (κ1) is 30.4. The van der Waals surface area contributed by atoms with Crippen LogP contribution in [0.25, 0.3) is 0 Å². The number of carbonyl (C=O) groups is 3. The van der Waals surface area contributed by atoms with Crippen molar-refractivity contribution < 1.29 is 55.3 Å². The summed E-state index contributed by atoms with van der Waals surface area (Å²) in [5, 5.41) is 13.7. The maximum atomic E-state index is 14.4. The number of nitrogens with one attached hydrogen (secondary N) is 2. The summed E-state index contributed by atoms with van der Waals surface area (Å²) in [6, 6.07) is 8.43. The summed E-state index contributed by atoms with van der Waals surface area (Å²) >= 11 is 0. The van der Waals surface area contributed by atoms with Crippen LogP contribution in [0, 0.1) is 6.92 Å². The van der Waals surface area contributed by atoms with Gasteiger partial charge in [-0.15, -0.1) is 0 Å². The predicted octanol–water partition coefficient (Wildman–Crippen LogP) is 3.97. The summed E-state index contributed by atoms with van der Waals surface area (Å²) in [7, 11) is 0. The molecule has 1 amide bonds. The van der Waals surface area contributed by atoms with Gasteiger partial charge < -0.3 is 25.2 Å². The quantitative estimate of drug-likeness (QED) is 0.246. The Hall–Kier alpha value is -3.81. The fourth-order valence-electron chi connectivity index (χ4n) is 3.33. The first-order valence-corrected chi connectivity index (χ1v) is 11.0. The summed E-state index contributed by atoms with van der Waals surface area (Å²) in [6.07, 6.45) is -11.1. The number of aryl methyl sites for hydroxylation is 1. The number of hydrogen-bond donors (Lipinski definition) is 3. The molecule has 0 radical (unpaired) electrons. The van der Waals surface area contributed by atoms with Crippen LogP contribution in [-0.2, 0) is 24.7 Å². The fraction of sp³-hybridized carbons (Fsp3) is 0.375. The van der Waals surface area contributed by atoms with Crippen molar-refractivity contribution >= 4 is 23.5 Å². The molecule has 3 N–H and O–H groups in total. The van der Waals surface area contributed by atoms with Gasteiger partial charge in [0, 0.05) is 16.8 Å². The van der Waals surface area contributed by atoms with Gasteiger partial charge >= 0.3 is 30.0 Å². The fourth-order valence-corrected chi connectivity index (χ4v) is 3.33. The highest BCUT2D eigenvalue weighted by Crippen LogP contribution is 2.42. The van der Waals surface area contributed by atoms with Crippen molar-refractivity contribution in [1.82, 2.24) is 5.32 Å². The van der Waals surface area contributed by atoms with Gasteiger partial charge in [-0.05, 0) is 44.5 Å². The maximum Gasteiger partial charge on any atom is 0.441 e. The molecule has 0 heterocycles. The number of esters is 2. The van der Waals surface area contributed by atoms with Gasteiger partial charge in [-0.25, -0.2) is 9.59 Å². The van der Waals surface area contributed by atoms with Gasteiger partial charge in [0.05, 0.1) is 13.2 Å². The number of aliphatic hydroxyl groups is 1. The zero-order valence-corrected chi connectivity index (χ0v) is 20.3. The third-order valence-electron chi connectivity index (χ3n) is 5.29. The van der Waals surface area contributed by atoms with Gasteiger partial charge in [0.15, 0.2) is 0 Å². The number of hydrogen-bond acceptors (Lipinski definition) is 7. The molecule has 0 aromatic heterocycles. The second kappa shape index (κ2) is 11.3. The van der Waals surface area contributed by atoms with Crippen LogP contribution < -0.4 is 10.6 Å². The highest BCUT2D eigenvalue weighted by molar-refractivity contribution is 5.99. The Morgan fingerprint density at radius 2 is 1.39 bits per heavy atom. The van der Waals surface area contributed by atoms with Crippen LogP contribution in [0.2, 0.25) is 0 Å². The van der Waals surface area contributed by atoms with E-state index in [2.05, 4.69) is 9.47 Å². The molecule has 0 fully saturated rings. The summed E-state index contributed by atoms with van der Waals surface area (Å²) in [5.74, 6) is -5.30. The SMILES string of the molecule is CCOC(=O)C(NC(=O)c1ccccc1)(Nc1ccc(C(O)(C(=O)OCC)C(F)(F)F)cc1C)C(F)(F)F. The lowest BCUT2D eigenvalue weighted by Gasteiger charge is -2.36. The minimum absolute atomic E-state index is 0.232. The topological polar surface area (TPSA) is 114 Å². The minimum atomic E-state index is -5.55. The molecule has 2 aromatic carbocycles. The molecule has 0 aliphatic carbocycles. The van der Waals surface area contributed by atoms with Gasteiger partial charge in [-0.1, -0.05) is 30.3 Å². The molecular formula is C24H24F6N2O6. The number of benzene rings is 2. The number of carbonyl (C=O) groups excluding carboxylic acids is 3. The molecule has 2 unspecified atom stereocenters. The van der Waals surface area contributed by atoms with Gasteiger partial charge in [-0.3, -0.25) is 4.79 Å². The lowest BCUT2D eigenvalue weighted by atomic mass is 9.91. The van der Waals surface area contributed by atoms with Crippen molar-refractivity contribution in [2.75, 3.05) is 18.5 Å². The van der Waals surface area contributed by atoms with E-state index in [9.17, 15) is 45.8 Å². The largest absolute Gasteiger partial charge is 0.463 e. The van der Waals surface area contributed by atoms with E-state index in [1.807, 2.05) is 5.32 Å². The zero-order chi connectivity index (χ0) is 28.9. The van der Waals surface area contributed by atoms with Gasteiger partial charge in [0.25, 0.3) is 11.5 Å². The third kappa shape index (κ3) is 5.85. The Morgan fingerprint density at radius 3 is 1.87 bits per heavy atom. The minimum Gasteiger partial charge on any atom is -0.463 e. The summed E-state index contributed by atoms with van der Waals surface area (Å²) in [6.45, 7) is 2.49. The summed E-state index contributed by atoms with van der Waals surface area (Å²) in [4.78, 5) is 37.3. The molecule has 0 saturated carbocycles. The van der Waals surface area contributed by atoms with E-state index < -0.39 is 65.9 Å². The molecule has 0 aliphatic rings. The molecular weight excluding hydrogens is 526 g/mol. The number of alkyl halides is 6. The van der Waals surface area contributed by atoms with Crippen LogP contribution in [0.4, 0.5) is 32.0 Å². The van der Waals surface area contributed by atoms with Crippen LogP contribution in [0.5, 0.6) is 0 Å². The summed E-state index contributed by atoms with van der Waals surface area (Å²) in [5.41, 5.74) is -10.2. The molecule has 0 saturated heterocycles. The first-order valence-electron chi connectivity index (χ1n) is 11.0. The van der Waals surface area contributed by atoms with Crippen molar-refractivity contribution in [3.63, 3.8) is 0 Å². The van der Waals surface area contributed by atoms with Crippen molar-refractivity contribution in [3.05, 3.63) is 65.2 Å². The maximum absolute atomic E-state index is 14.4. The van der Waals surface area contributed by atoms with Crippen LogP contribution >= 0.6 is 0 Å². The number of ether oxygens (including phenoxy) is 2. The predicted molar refractivity (Wildman–Crippen MR) is 121 cm³/mol. The molecule has 208 valence electrons. The first-order chi connectivity index (χ1) is 17.5. The molecule has 38 heavy (non-hydrogen) atoms. The van der Waals surface area contributed by atoms with Crippen LogP contribution in [0.1, 0.15) is 35.3 Å². The van der Waals surface area contributed by atoms with Crippen LogP contribution in [-0.4, -0.2) is 54.2 Å². The molecule has 2 aromatic rings. The molecule has 0 bridgehead atoms. The van der Waals surface area contributed by atoms with Crippen molar-refractivity contribution in [1.29, 1.82) is 0 Å². The zero-order valence-electron chi connectivity index (χ0n) is 20.3. The number of amides is 1. The Bertz CT molecular complexity index is 1170. The third-order valence-corrected chi connectivity index (χ3v) is 5.29. The van der Waals surface area contributed by atoms with E-state index >= 15 is 0 Å². The van der Waals surface area contributed by atoms with Crippen molar-refractivity contribution in [3.8, 4) is 0 Å². The Balaban J connectivity index is 2.63.